The second-order valence-electron chi connectivity index (χ2n) is 3.90. The van der Waals surface area contributed by atoms with E-state index in [-0.39, 0.29) is 11.3 Å². The molecule has 0 saturated heterocycles. The highest BCUT2D eigenvalue weighted by molar-refractivity contribution is 5.88. The van der Waals surface area contributed by atoms with Crippen molar-refractivity contribution in [3.63, 3.8) is 0 Å². The fraction of sp³-hybridized carbons (Fsp3) is 0.0769. The SMILES string of the molecule is O=C(O)c1ccnc(-c2cccc(C(F)(F)F)c2F)c1. The van der Waals surface area contributed by atoms with Gasteiger partial charge in [0.1, 0.15) is 5.82 Å². The van der Waals surface area contributed by atoms with Gasteiger partial charge in [-0.25, -0.2) is 9.18 Å². The Labute approximate surface area is 110 Å². The van der Waals surface area contributed by atoms with Crippen molar-refractivity contribution in [2.45, 2.75) is 6.18 Å². The molecule has 0 saturated carbocycles. The van der Waals surface area contributed by atoms with Crippen molar-refractivity contribution in [3.05, 3.63) is 53.5 Å². The number of rotatable bonds is 2. The molecule has 0 aliphatic rings. The highest BCUT2D eigenvalue weighted by Crippen LogP contribution is 2.35. The van der Waals surface area contributed by atoms with Crippen LogP contribution >= 0.6 is 0 Å². The molecule has 1 aromatic heterocycles. The molecule has 0 radical (unpaired) electrons. The molecule has 104 valence electrons. The molecule has 7 heteroatoms. The molecule has 0 spiro atoms. The maximum absolute atomic E-state index is 13.9. The van der Waals surface area contributed by atoms with Gasteiger partial charge in [0.25, 0.3) is 0 Å². The van der Waals surface area contributed by atoms with Crippen molar-refractivity contribution in [2.24, 2.45) is 0 Å². The zero-order valence-corrected chi connectivity index (χ0v) is 9.78. The molecular weight excluding hydrogens is 278 g/mol. The Kier molecular flexibility index (Phi) is 3.44. The molecule has 0 aliphatic carbocycles. The van der Waals surface area contributed by atoms with E-state index in [0.717, 1.165) is 30.5 Å². The summed E-state index contributed by atoms with van der Waals surface area (Å²) in [5.41, 5.74) is -2.18. The lowest BCUT2D eigenvalue weighted by molar-refractivity contribution is -0.139. The van der Waals surface area contributed by atoms with E-state index in [4.69, 9.17) is 5.11 Å². The second-order valence-corrected chi connectivity index (χ2v) is 3.90. The number of benzene rings is 1. The van der Waals surface area contributed by atoms with Gasteiger partial charge in [0.15, 0.2) is 0 Å². The first-order valence-corrected chi connectivity index (χ1v) is 5.36. The van der Waals surface area contributed by atoms with Gasteiger partial charge in [-0.15, -0.1) is 0 Å². The Morgan fingerprint density at radius 1 is 1.20 bits per heavy atom. The lowest BCUT2D eigenvalue weighted by Crippen LogP contribution is -2.09. The van der Waals surface area contributed by atoms with E-state index in [9.17, 15) is 22.4 Å². The summed E-state index contributed by atoms with van der Waals surface area (Å²) in [4.78, 5) is 14.5. The predicted molar refractivity (Wildman–Crippen MR) is 61.6 cm³/mol. The number of aromatic carboxylic acids is 1. The molecule has 3 nitrogen and oxygen atoms in total. The van der Waals surface area contributed by atoms with E-state index in [1.807, 2.05) is 0 Å². The smallest absolute Gasteiger partial charge is 0.419 e. The van der Waals surface area contributed by atoms with E-state index in [1.54, 1.807) is 0 Å². The van der Waals surface area contributed by atoms with Crippen LogP contribution in [-0.4, -0.2) is 16.1 Å². The summed E-state index contributed by atoms with van der Waals surface area (Å²) >= 11 is 0. The molecule has 1 heterocycles. The molecule has 1 N–H and O–H groups in total. The van der Waals surface area contributed by atoms with Crippen molar-refractivity contribution >= 4 is 5.97 Å². The van der Waals surface area contributed by atoms with Crippen molar-refractivity contribution in [1.29, 1.82) is 0 Å². The molecule has 0 unspecified atom stereocenters. The first-order valence-electron chi connectivity index (χ1n) is 5.36. The summed E-state index contributed by atoms with van der Waals surface area (Å²) in [6.07, 6.45) is -3.73. The molecule has 1 aromatic carbocycles. The molecule has 0 bridgehead atoms. The Hall–Kier alpha value is -2.44. The number of carboxylic acids is 1. The van der Waals surface area contributed by atoms with Crippen LogP contribution < -0.4 is 0 Å². The van der Waals surface area contributed by atoms with E-state index < -0.39 is 29.1 Å². The van der Waals surface area contributed by atoms with Crippen LogP contribution in [0.15, 0.2) is 36.5 Å². The standard InChI is InChI=1S/C13H7F4NO2/c14-11-8(2-1-3-9(11)13(15,16)17)10-6-7(12(19)20)4-5-18-10/h1-6H,(H,19,20). The largest absolute Gasteiger partial charge is 0.478 e. The summed E-state index contributed by atoms with van der Waals surface area (Å²) in [5.74, 6) is -2.75. The Balaban J connectivity index is 2.59. The molecule has 20 heavy (non-hydrogen) atoms. The van der Waals surface area contributed by atoms with Gasteiger partial charge in [-0.2, -0.15) is 13.2 Å². The fourth-order valence-electron chi connectivity index (χ4n) is 1.66. The average molecular weight is 285 g/mol. The summed E-state index contributed by atoms with van der Waals surface area (Å²) in [7, 11) is 0. The maximum atomic E-state index is 13.9. The van der Waals surface area contributed by atoms with E-state index in [0.29, 0.717) is 6.07 Å². The lowest BCUT2D eigenvalue weighted by Gasteiger charge is -2.11. The van der Waals surface area contributed by atoms with Crippen LogP contribution in [-0.2, 0) is 6.18 Å². The number of hydrogen-bond donors (Lipinski definition) is 1. The number of alkyl halides is 3. The number of aromatic nitrogens is 1. The summed E-state index contributed by atoms with van der Waals surface area (Å²) in [6, 6.07) is 4.94. The maximum Gasteiger partial charge on any atom is 0.419 e. The minimum absolute atomic E-state index is 0.173. The molecule has 2 aromatic rings. The van der Waals surface area contributed by atoms with Gasteiger partial charge in [-0.05, 0) is 24.3 Å². The number of pyridine rings is 1. The highest BCUT2D eigenvalue weighted by Gasteiger charge is 2.35. The Morgan fingerprint density at radius 3 is 2.50 bits per heavy atom. The van der Waals surface area contributed by atoms with Crippen molar-refractivity contribution in [1.82, 2.24) is 4.98 Å². The molecule has 0 fully saturated rings. The minimum atomic E-state index is -4.83. The van der Waals surface area contributed by atoms with Gasteiger partial charge < -0.3 is 5.11 Å². The first kappa shape index (κ1) is 14.0. The third-order valence-corrected chi connectivity index (χ3v) is 2.59. The quantitative estimate of drug-likeness (QED) is 0.858. The van der Waals surface area contributed by atoms with E-state index in [2.05, 4.69) is 4.98 Å². The summed E-state index contributed by atoms with van der Waals surface area (Å²) in [6.45, 7) is 0. The fourth-order valence-corrected chi connectivity index (χ4v) is 1.66. The molecular formula is C13H7F4NO2. The van der Waals surface area contributed by atoms with Gasteiger partial charge in [-0.1, -0.05) is 6.07 Å². The summed E-state index contributed by atoms with van der Waals surface area (Å²) in [5, 5.41) is 8.81. The lowest BCUT2D eigenvalue weighted by atomic mass is 10.0. The van der Waals surface area contributed by atoms with Crippen LogP contribution in [0.2, 0.25) is 0 Å². The van der Waals surface area contributed by atoms with Crippen LogP contribution in [0.3, 0.4) is 0 Å². The Morgan fingerprint density at radius 2 is 1.90 bits per heavy atom. The van der Waals surface area contributed by atoms with Crippen molar-refractivity contribution in [3.8, 4) is 11.3 Å². The zero-order valence-electron chi connectivity index (χ0n) is 9.78. The van der Waals surface area contributed by atoms with Gasteiger partial charge in [-0.3, -0.25) is 4.98 Å². The molecule has 0 atom stereocenters. The van der Waals surface area contributed by atoms with Crippen LogP contribution in [0.4, 0.5) is 17.6 Å². The van der Waals surface area contributed by atoms with Crippen LogP contribution in [0.25, 0.3) is 11.3 Å². The monoisotopic (exact) mass is 285 g/mol. The van der Waals surface area contributed by atoms with Crippen LogP contribution in [0.1, 0.15) is 15.9 Å². The third-order valence-electron chi connectivity index (χ3n) is 2.59. The van der Waals surface area contributed by atoms with Crippen LogP contribution in [0, 0.1) is 5.82 Å². The summed E-state index contributed by atoms with van der Waals surface area (Å²) < 4.78 is 51.7. The third kappa shape index (κ3) is 2.61. The second kappa shape index (κ2) is 4.92. The predicted octanol–water partition coefficient (Wildman–Crippen LogP) is 3.60. The highest BCUT2D eigenvalue weighted by atomic mass is 19.4. The number of halogens is 4. The van der Waals surface area contributed by atoms with Gasteiger partial charge in [0, 0.05) is 11.8 Å². The topological polar surface area (TPSA) is 50.2 Å². The normalized spacial score (nSPS) is 11.4. The van der Waals surface area contributed by atoms with E-state index in [1.165, 1.54) is 0 Å². The van der Waals surface area contributed by atoms with Gasteiger partial charge >= 0.3 is 12.1 Å². The molecule has 0 amide bonds. The van der Waals surface area contributed by atoms with Crippen molar-refractivity contribution < 1.29 is 27.5 Å². The average Bonchev–Trinajstić information content (AvgIpc) is 2.37. The van der Waals surface area contributed by atoms with Crippen LogP contribution in [0.5, 0.6) is 0 Å². The zero-order chi connectivity index (χ0) is 14.9. The number of nitrogens with zero attached hydrogens (tertiary/aromatic N) is 1. The first-order chi connectivity index (χ1) is 9.30. The van der Waals surface area contributed by atoms with Gasteiger partial charge in [0.05, 0.1) is 16.8 Å². The number of hydrogen-bond acceptors (Lipinski definition) is 2. The molecule has 0 aliphatic heterocycles. The molecule has 2 rings (SSSR count). The number of carboxylic acid groups (broad SMARTS) is 1. The number of carbonyl (C=O) groups is 1. The van der Waals surface area contributed by atoms with Crippen molar-refractivity contribution in [2.75, 3.05) is 0 Å². The van der Waals surface area contributed by atoms with Gasteiger partial charge in [0.2, 0.25) is 0 Å². The van der Waals surface area contributed by atoms with E-state index >= 15 is 0 Å². The Bertz CT molecular complexity index is 668. The minimum Gasteiger partial charge on any atom is -0.478 e.